The van der Waals surface area contributed by atoms with Gasteiger partial charge in [0.2, 0.25) is 0 Å². The number of ether oxygens (including phenoxy) is 1. The Morgan fingerprint density at radius 1 is 1.31 bits per heavy atom. The van der Waals surface area contributed by atoms with Gasteiger partial charge in [-0.3, -0.25) is 5.32 Å². The van der Waals surface area contributed by atoms with Crippen molar-refractivity contribution in [2.45, 2.75) is 32.7 Å². The molecule has 0 heterocycles. The number of alkyl halides is 1. The third kappa shape index (κ3) is 3.39. The molecule has 90 valence electrons. The Hall–Kier alpha value is -0.730. The van der Waals surface area contributed by atoms with Crippen molar-refractivity contribution in [3.05, 3.63) is 29.3 Å². The summed E-state index contributed by atoms with van der Waals surface area (Å²) >= 11 is 5.62. The van der Waals surface area contributed by atoms with Crippen LogP contribution >= 0.6 is 11.6 Å². The molecule has 1 aromatic carbocycles. The average molecular weight is 242 g/mol. The van der Waals surface area contributed by atoms with Gasteiger partial charge in [0, 0.05) is 12.1 Å². The van der Waals surface area contributed by atoms with Gasteiger partial charge in [-0.2, -0.15) is 0 Å². The third-order valence-corrected chi connectivity index (χ3v) is 2.75. The molecule has 0 saturated carbocycles. The maximum Gasteiger partial charge on any atom is 0.123 e. The molecule has 1 rings (SSSR count). The van der Waals surface area contributed by atoms with E-state index < -0.39 is 0 Å². The molecule has 2 nitrogen and oxygen atoms in total. The lowest BCUT2D eigenvalue weighted by molar-refractivity contribution is 0.407. The highest BCUT2D eigenvalue weighted by atomic mass is 35.5. The molecule has 1 aromatic rings. The van der Waals surface area contributed by atoms with Crippen LogP contribution in [-0.2, 0) is 12.0 Å². The van der Waals surface area contributed by atoms with Crippen molar-refractivity contribution in [2.75, 3.05) is 13.1 Å². The van der Waals surface area contributed by atoms with Crippen LogP contribution < -0.4 is 10.1 Å². The molecule has 0 spiro atoms. The van der Waals surface area contributed by atoms with Crippen LogP contribution in [0.4, 0.5) is 0 Å². The number of rotatable bonds is 4. The topological polar surface area (TPSA) is 21.3 Å². The van der Waals surface area contributed by atoms with Crippen LogP contribution in [0.2, 0.25) is 0 Å². The van der Waals surface area contributed by atoms with Crippen LogP contribution in [0.15, 0.2) is 18.2 Å². The fourth-order valence-electron chi connectivity index (χ4n) is 1.57. The largest absolute Gasteiger partial charge is 0.496 e. The zero-order valence-corrected chi connectivity index (χ0v) is 11.2. The van der Waals surface area contributed by atoms with Crippen LogP contribution in [0, 0.1) is 0 Å². The number of nitrogens with one attached hydrogen (secondary N) is 1. The molecule has 0 radical (unpaired) electrons. The predicted molar refractivity (Wildman–Crippen MR) is 69.3 cm³/mol. The second-order valence-electron chi connectivity index (χ2n) is 4.84. The minimum absolute atomic E-state index is 0.155. The monoisotopic (exact) mass is 241 g/mol. The van der Waals surface area contributed by atoms with E-state index in [-0.39, 0.29) is 5.41 Å². The Morgan fingerprint density at radius 3 is 2.50 bits per heavy atom. The van der Waals surface area contributed by atoms with E-state index in [4.69, 9.17) is 16.3 Å². The molecule has 1 N–H and O–H groups in total. The van der Waals surface area contributed by atoms with Crippen LogP contribution in [-0.4, -0.2) is 13.1 Å². The summed E-state index contributed by atoms with van der Waals surface area (Å²) in [6.45, 7) is 7.34. The summed E-state index contributed by atoms with van der Waals surface area (Å²) in [5.74, 6) is 0.908. The highest BCUT2D eigenvalue weighted by Gasteiger charge is 2.15. The van der Waals surface area contributed by atoms with Gasteiger partial charge in [-0.25, -0.2) is 0 Å². The zero-order valence-electron chi connectivity index (χ0n) is 10.4. The summed E-state index contributed by atoms with van der Waals surface area (Å²) in [5.41, 5.74) is 2.61. The summed E-state index contributed by atoms with van der Waals surface area (Å²) in [4.78, 5) is 0. The molecule has 0 aliphatic rings. The van der Waals surface area contributed by atoms with Crippen molar-refractivity contribution in [3.63, 3.8) is 0 Å². The number of halogens is 1. The van der Waals surface area contributed by atoms with Crippen molar-refractivity contribution >= 4 is 11.6 Å². The van der Waals surface area contributed by atoms with E-state index in [0.29, 0.717) is 6.00 Å². The van der Waals surface area contributed by atoms with Crippen LogP contribution in [0.1, 0.15) is 31.9 Å². The quantitative estimate of drug-likeness (QED) is 0.645. The van der Waals surface area contributed by atoms with Crippen LogP contribution in [0.25, 0.3) is 0 Å². The SMILES string of the molecule is COc1ccc(C(C)(C)C)cc1CNCCl. The number of hydrogen-bond donors (Lipinski definition) is 1. The van der Waals surface area contributed by atoms with Gasteiger partial charge in [-0.15, -0.1) is 11.6 Å². The zero-order chi connectivity index (χ0) is 12.2. The first-order valence-corrected chi connectivity index (χ1v) is 5.96. The van der Waals surface area contributed by atoms with E-state index >= 15 is 0 Å². The minimum atomic E-state index is 0.155. The van der Waals surface area contributed by atoms with Gasteiger partial charge in [0.05, 0.1) is 13.1 Å². The van der Waals surface area contributed by atoms with Crippen molar-refractivity contribution in [2.24, 2.45) is 0 Å². The third-order valence-electron chi connectivity index (χ3n) is 2.56. The lowest BCUT2D eigenvalue weighted by Gasteiger charge is -2.21. The number of methoxy groups -OCH3 is 1. The van der Waals surface area contributed by atoms with Gasteiger partial charge in [0.25, 0.3) is 0 Å². The maximum absolute atomic E-state index is 5.62. The summed E-state index contributed by atoms with van der Waals surface area (Å²) in [5, 5.41) is 3.10. The Labute approximate surface area is 103 Å². The van der Waals surface area contributed by atoms with E-state index in [1.54, 1.807) is 7.11 Å². The van der Waals surface area contributed by atoms with Gasteiger partial charge in [0.1, 0.15) is 5.75 Å². The molecule has 0 bridgehead atoms. The van der Waals surface area contributed by atoms with E-state index in [1.165, 1.54) is 5.56 Å². The Bertz CT molecular complexity index is 344. The molecule has 0 atom stereocenters. The Morgan fingerprint density at radius 2 is 2.00 bits per heavy atom. The summed E-state index contributed by atoms with van der Waals surface area (Å²) in [6, 6.07) is 6.76. The smallest absolute Gasteiger partial charge is 0.123 e. The first-order chi connectivity index (χ1) is 7.49. The summed E-state index contributed by atoms with van der Waals surface area (Å²) < 4.78 is 5.33. The highest BCUT2D eigenvalue weighted by molar-refractivity contribution is 6.17. The molecule has 0 aliphatic heterocycles. The standard InChI is InChI=1S/C13H20ClNO/c1-13(2,3)11-5-6-12(16-4)10(7-11)8-15-9-14/h5-7,15H,8-9H2,1-4H3. The lowest BCUT2D eigenvalue weighted by Crippen LogP contribution is -2.15. The second-order valence-corrected chi connectivity index (χ2v) is 5.10. The Balaban J connectivity index is 3.01. The van der Waals surface area contributed by atoms with Crippen LogP contribution in [0.3, 0.4) is 0 Å². The van der Waals surface area contributed by atoms with Crippen molar-refractivity contribution in [3.8, 4) is 5.75 Å². The molecule has 0 fully saturated rings. The van der Waals surface area contributed by atoms with Crippen molar-refractivity contribution in [1.82, 2.24) is 5.32 Å². The van der Waals surface area contributed by atoms with E-state index in [2.05, 4.69) is 38.2 Å². The van der Waals surface area contributed by atoms with Gasteiger partial charge < -0.3 is 4.74 Å². The highest BCUT2D eigenvalue weighted by Crippen LogP contribution is 2.27. The molecule has 0 unspecified atom stereocenters. The maximum atomic E-state index is 5.62. The first kappa shape index (κ1) is 13.3. The lowest BCUT2D eigenvalue weighted by atomic mass is 9.86. The minimum Gasteiger partial charge on any atom is -0.496 e. The van der Waals surface area contributed by atoms with Gasteiger partial charge in [-0.05, 0) is 17.0 Å². The molecular weight excluding hydrogens is 222 g/mol. The average Bonchev–Trinajstić information content (AvgIpc) is 2.24. The fourth-order valence-corrected chi connectivity index (χ4v) is 1.66. The molecule has 3 heteroatoms. The van der Waals surface area contributed by atoms with Crippen molar-refractivity contribution < 1.29 is 4.74 Å². The number of hydrogen-bond acceptors (Lipinski definition) is 2. The normalized spacial score (nSPS) is 11.6. The van der Waals surface area contributed by atoms with Crippen molar-refractivity contribution in [1.29, 1.82) is 0 Å². The van der Waals surface area contributed by atoms with E-state index in [9.17, 15) is 0 Å². The molecule has 0 amide bonds. The summed E-state index contributed by atoms with van der Waals surface area (Å²) in [7, 11) is 1.69. The fraction of sp³-hybridized carbons (Fsp3) is 0.538. The summed E-state index contributed by atoms with van der Waals surface area (Å²) in [6.07, 6.45) is 0. The molecule has 16 heavy (non-hydrogen) atoms. The van der Waals surface area contributed by atoms with E-state index in [1.807, 2.05) is 6.07 Å². The first-order valence-electron chi connectivity index (χ1n) is 5.43. The Kier molecular flexibility index (Phi) is 4.63. The predicted octanol–water partition coefficient (Wildman–Crippen LogP) is 3.28. The van der Waals surface area contributed by atoms with Crippen LogP contribution in [0.5, 0.6) is 5.75 Å². The van der Waals surface area contributed by atoms with Gasteiger partial charge in [-0.1, -0.05) is 32.9 Å². The van der Waals surface area contributed by atoms with Gasteiger partial charge >= 0.3 is 0 Å². The molecule has 0 aliphatic carbocycles. The van der Waals surface area contributed by atoms with Gasteiger partial charge in [0.15, 0.2) is 0 Å². The second kappa shape index (κ2) is 5.55. The van der Waals surface area contributed by atoms with E-state index in [0.717, 1.165) is 17.9 Å². The molecular formula is C13H20ClNO. The molecule has 0 aromatic heterocycles. The molecule has 0 saturated heterocycles. The number of benzene rings is 1.